The first kappa shape index (κ1) is 12.1. The molecule has 0 bridgehead atoms. The van der Waals surface area contributed by atoms with Crippen LogP contribution in [0.2, 0.25) is 0 Å². The zero-order valence-corrected chi connectivity index (χ0v) is 11.5. The smallest absolute Gasteiger partial charge is 0.122 e. The standard InChI is InChI=1S/C14H19N3S/c1-17-11-6-4-5-10(9-15)13(11)16-14(17)12-7-2-3-8-18-12/h4-6,12H,2-3,7-9,15H2,1H3. The molecule has 2 heterocycles. The first-order valence-corrected chi connectivity index (χ1v) is 7.62. The van der Waals surface area contributed by atoms with E-state index in [2.05, 4.69) is 29.8 Å². The van der Waals surface area contributed by atoms with Crippen molar-refractivity contribution in [2.24, 2.45) is 12.8 Å². The van der Waals surface area contributed by atoms with E-state index < -0.39 is 0 Å². The summed E-state index contributed by atoms with van der Waals surface area (Å²) in [6.07, 6.45) is 3.92. The lowest BCUT2D eigenvalue weighted by Gasteiger charge is -2.20. The molecule has 0 saturated carbocycles. The first-order chi connectivity index (χ1) is 8.81. The van der Waals surface area contributed by atoms with Gasteiger partial charge in [-0.1, -0.05) is 18.6 Å². The number of rotatable bonds is 2. The van der Waals surface area contributed by atoms with Crippen LogP contribution in [0.1, 0.15) is 35.9 Å². The maximum Gasteiger partial charge on any atom is 0.122 e. The Kier molecular flexibility index (Phi) is 3.31. The fourth-order valence-corrected chi connectivity index (χ4v) is 4.04. The third-order valence-electron chi connectivity index (χ3n) is 3.72. The van der Waals surface area contributed by atoms with Crippen LogP contribution in [0.5, 0.6) is 0 Å². The third kappa shape index (κ3) is 1.93. The molecular formula is C14H19N3S. The highest BCUT2D eigenvalue weighted by Gasteiger charge is 2.22. The molecule has 96 valence electrons. The van der Waals surface area contributed by atoms with Crippen LogP contribution in [-0.2, 0) is 13.6 Å². The van der Waals surface area contributed by atoms with Crippen LogP contribution in [0.25, 0.3) is 11.0 Å². The van der Waals surface area contributed by atoms with E-state index in [0.717, 1.165) is 11.1 Å². The number of hydrogen-bond acceptors (Lipinski definition) is 3. The first-order valence-electron chi connectivity index (χ1n) is 6.57. The zero-order valence-electron chi connectivity index (χ0n) is 10.7. The minimum absolute atomic E-state index is 0.557. The molecule has 2 aromatic rings. The number of benzene rings is 1. The van der Waals surface area contributed by atoms with Gasteiger partial charge >= 0.3 is 0 Å². The number of hydrogen-bond donors (Lipinski definition) is 1. The van der Waals surface area contributed by atoms with Gasteiger partial charge in [-0.15, -0.1) is 0 Å². The van der Waals surface area contributed by atoms with Gasteiger partial charge in [-0.3, -0.25) is 0 Å². The molecule has 18 heavy (non-hydrogen) atoms. The molecule has 3 nitrogen and oxygen atoms in total. The SMILES string of the molecule is Cn1c(C2CCCCS2)nc2c(CN)cccc21. The molecule has 1 atom stereocenters. The highest BCUT2D eigenvalue weighted by atomic mass is 32.2. The van der Waals surface area contributed by atoms with Gasteiger partial charge < -0.3 is 10.3 Å². The lowest BCUT2D eigenvalue weighted by atomic mass is 10.2. The van der Waals surface area contributed by atoms with Gasteiger partial charge in [0.05, 0.1) is 16.3 Å². The molecule has 0 aliphatic carbocycles. The lowest BCUT2D eigenvalue weighted by Crippen LogP contribution is -2.07. The van der Waals surface area contributed by atoms with Crippen molar-refractivity contribution in [3.05, 3.63) is 29.6 Å². The molecule has 1 fully saturated rings. The van der Waals surface area contributed by atoms with Crippen LogP contribution in [0, 0.1) is 0 Å². The minimum atomic E-state index is 0.557. The van der Waals surface area contributed by atoms with Gasteiger partial charge in [-0.2, -0.15) is 11.8 Å². The summed E-state index contributed by atoms with van der Waals surface area (Å²) in [5, 5.41) is 0.557. The van der Waals surface area contributed by atoms with E-state index >= 15 is 0 Å². The van der Waals surface area contributed by atoms with E-state index in [9.17, 15) is 0 Å². The van der Waals surface area contributed by atoms with Crippen molar-refractivity contribution in [2.45, 2.75) is 31.1 Å². The highest BCUT2D eigenvalue weighted by Crippen LogP contribution is 2.38. The monoisotopic (exact) mass is 261 g/mol. The van der Waals surface area contributed by atoms with E-state index in [4.69, 9.17) is 10.7 Å². The van der Waals surface area contributed by atoms with Crippen molar-refractivity contribution < 1.29 is 0 Å². The van der Waals surface area contributed by atoms with Crippen LogP contribution in [-0.4, -0.2) is 15.3 Å². The summed E-state index contributed by atoms with van der Waals surface area (Å²) in [5.74, 6) is 2.48. The van der Waals surface area contributed by atoms with Gasteiger partial charge in [-0.05, 0) is 30.2 Å². The summed E-state index contributed by atoms with van der Waals surface area (Å²) in [4.78, 5) is 4.87. The van der Waals surface area contributed by atoms with Crippen LogP contribution >= 0.6 is 11.8 Å². The molecule has 2 N–H and O–H groups in total. The molecule has 1 aromatic carbocycles. The van der Waals surface area contributed by atoms with Crippen LogP contribution in [0.4, 0.5) is 0 Å². The minimum Gasteiger partial charge on any atom is -0.330 e. The molecule has 0 amide bonds. The second-order valence-corrected chi connectivity index (χ2v) is 6.18. The lowest BCUT2D eigenvalue weighted by molar-refractivity contribution is 0.646. The van der Waals surface area contributed by atoms with Crippen LogP contribution in [0.3, 0.4) is 0 Å². The quantitative estimate of drug-likeness (QED) is 0.904. The number of nitrogens with zero attached hydrogens (tertiary/aromatic N) is 2. The predicted octanol–water partition coefficient (Wildman–Crippen LogP) is 2.99. The molecule has 1 saturated heterocycles. The van der Waals surface area contributed by atoms with Crippen molar-refractivity contribution in [3.63, 3.8) is 0 Å². The number of imidazole rings is 1. The zero-order chi connectivity index (χ0) is 12.5. The summed E-state index contributed by atoms with van der Waals surface area (Å²) >= 11 is 2.04. The Bertz CT molecular complexity index is 555. The third-order valence-corrected chi connectivity index (χ3v) is 5.09. The largest absolute Gasteiger partial charge is 0.330 e. The second kappa shape index (κ2) is 4.94. The average Bonchev–Trinajstić information content (AvgIpc) is 2.77. The molecule has 1 aromatic heterocycles. The van der Waals surface area contributed by atoms with Crippen molar-refractivity contribution in [3.8, 4) is 0 Å². The van der Waals surface area contributed by atoms with Gasteiger partial charge in [0.1, 0.15) is 5.82 Å². The van der Waals surface area contributed by atoms with Crippen molar-refractivity contribution in [1.82, 2.24) is 9.55 Å². The fraction of sp³-hybridized carbons (Fsp3) is 0.500. The van der Waals surface area contributed by atoms with Crippen molar-refractivity contribution in [1.29, 1.82) is 0 Å². The number of thioether (sulfide) groups is 1. The average molecular weight is 261 g/mol. The summed E-state index contributed by atoms with van der Waals surface area (Å²) in [6.45, 7) is 0.561. The number of aryl methyl sites for hydroxylation is 1. The Labute approximate surface area is 112 Å². The Balaban J connectivity index is 2.09. The molecule has 1 aliphatic heterocycles. The van der Waals surface area contributed by atoms with Gasteiger partial charge in [-0.25, -0.2) is 4.98 Å². The Morgan fingerprint density at radius 1 is 1.44 bits per heavy atom. The van der Waals surface area contributed by atoms with Gasteiger partial charge in [0.2, 0.25) is 0 Å². The highest BCUT2D eigenvalue weighted by molar-refractivity contribution is 7.99. The summed E-state index contributed by atoms with van der Waals surface area (Å²) in [5.41, 5.74) is 9.24. The maximum absolute atomic E-state index is 5.80. The molecule has 4 heteroatoms. The number of aromatic nitrogens is 2. The number of para-hydroxylation sites is 1. The molecule has 1 aliphatic rings. The number of nitrogens with two attached hydrogens (primary N) is 1. The van der Waals surface area contributed by atoms with E-state index in [1.807, 2.05) is 11.8 Å². The number of fused-ring (bicyclic) bond motifs is 1. The summed E-state index contributed by atoms with van der Waals surface area (Å²) in [6, 6.07) is 6.29. The second-order valence-electron chi connectivity index (χ2n) is 4.87. The van der Waals surface area contributed by atoms with E-state index in [1.54, 1.807) is 0 Å². The Hall–Kier alpha value is -1.00. The molecule has 0 radical (unpaired) electrons. The predicted molar refractivity (Wildman–Crippen MR) is 77.7 cm³/mol. The van der Waals surface area contributed by atoms with Crippen molar-refractivity contribution >= 4 is 22.8 Å². The van der Waals surface area contributed by atoms with E-state index in [1.165, 1.54) is 36.4 Å². The fourth-order valence-electron chi connectivity index (χ4n) is 2.69. The molecule has 1 unspecified atom stereocenters. The maximum atomic E-state index is 5.80. The van der Waals surface area contributed by atoms with Crippen LogP contribution < -0.4 is 5.73 Å². The van der Waals surface area contributed by atoms with E-state index in [-0.39, 0.29) is 0 Å². The van der Waals surface area contributed by atoms with Gasteiger partial charge in [0.15, 0.2) is 0 Å². The molecule has 0 spiro atoms. The summed E-state index contributed by atoms with van der Waals surface area (Å²) < 4.78 is 2.25. The molecule has 3 rings (SSSR count). The van der Waals surface area contributed by atoms with Gasteiger partial charge in [0, 0.05) is 13.6 Å². The normalized spacial score (nSPS) is 20.4. The Morgan fingerprint density at radius 2 is 2.33 bits per heavy atom. The van der Waals surface area contributed by atoms with Gasteiger partial charge in [0.25, 0.3) is 0 Å². The van der Waals surface area contributed by atoms with Crippen LogP contribution in [0.15, 0.2) is 18.2 Å². The topological polar surface area (TPSA) is 43.8 Å². The van der Waals surface area contributed by atoms with Crippen molar-refractivity contribution in [2.75, 3.05) is 5.75 Å². The van der Waals surface area contributed by atoms with E-state index in [0.29, 0.717) is 11.8 Å². The summed E-state index contributed by atoms with van der Waals surface area (Å²) in [7, 11) is 2.13. The Morgan fingerprint density at radius 3 is 3.06 bits per heavy atom. The molecular weight excluding hydrogens is 242 g/mol.